The van der Waals surface area contributed by atoms with Gasteiger partial charge in [-0.05, 0) is 59.9 Å². The molecule has 2 atom stereocenters. The highest BCUT2D eigenvalue weighted by atomic mass is 19.1. The van der Waals surface area contributed by atoms with Crippen LogP contribution in [0.15, 0.2) is 77.3 Å². The number of aliphatic hydroxyl groups is 1. The molecule has 0 spiro atoms. The summed E-state index contributed by atoms with van der Waals surface area (Å²) in [5.41, 5.74) is 3.36. The standard InChI is InChI=1S/C33H35F2N3O5/c1-3-21-6-4-7-22(12-21)18-36-20-30(39)29(15-23-13-26(34)17-27(35)14-23)38-32(41)24-8-5-9-25(16-24)33-37-19-28(43-33)10-11-31(40)42-2/h4-9,12-14,16-17,19,29-30,36,39H,3,10-11,15,18,20H2,1-2H3,(H,38,41)/t29-,30-/m0/s1. The summed E-state index contributed by atoms with van der Waals surface area (Å²) in [7, 11) is 1.31. The minimum atomic E-state index is -1.07. The molecule has 0 aliphatic heterocycles. The number of ether oxygens (including phenoxy) is 1. The van der Waals surface area contributed by atoms with Crippen molar-refractivity contribution in [2.24, 2.45) is 0 Å². The molecule has 0 aliphatic carbocycles. The number of nitrogens with zero attached hydrogens (tertiary/aromatic N) is 1. The van der Waals surface area contributed by atoms with Gasteiger partial charge in [0.2, 0.25) is 5.89 Å². The quantitative estimate of drug-likeness (QED) is 0.181. The summed E-state index contributed by atoms with van der Waals surface area (Å²) >= 11 is 0. The van der Waals surface area contributed by atoms with Crippen molar-refractivity contribution >= 4 is 11.9 Å². The van der Waals surface area contributed by atoms with E-state index in [4.69, 9.17) is 4.42 Å². The Kier molecular flexibility index (Phi) is 11.1. The molecule has 8 nitrogen and oxygen atoms in total. The van der Waals surface area contributed by atoms with Gasteiger partial charge in [-0.2, -0.15) is 0 Å². The van der Waals surface area contributed by atoms with Crippen LogP contribution in [-0.4, -0.2) is 47.8 Å². The van der Waals surface area contributed by atoms with Crippen LogP contribution in [0.25, 0.3) is 11.5 Å². The number of halogens is 2. The largest absolute Gasteiger partial charge is 0.469 e. The minimum absolute atomic E-state index is 0.00241. The molecular weight excluding hydrogens is 556 g/mol. The van der Waals surface area contributed by atoms with Crippen molar-refractivity contribution < 1.29 is 32.6 Å². The van der Waals surface area contributed by atoms with Crippen LogP contribution in [0.3, 0.4) is 0 Å². The fraction of sp³-hybridized carbons (Fsp3) is 0.303. The van der Waals surface area contributed by atoms with Gasteiger partial charge in [-0.1, -0.05) is 37.3 Å². The van der Waals surface area contributed by atoms with E-state index in [2.05, 4.69) is 33.3 Å². The van der Waals surface area contributed by atoms with Crippen LogP contribution in [-0.2, 0) is 35.3 Å². The highest BCUT2D eigenvalue weighted by molar-refractivity contribution is 5.95. The number of carbonyl (C=O) groups excluding carboxylic acids is 2. The van der Waals surface area contributed by atoms with Crippen LogP contribution in [0.5, 0.6) is 0 Å². The van der Waals surface area contributed by atoms with Crippen molar-refractivity contribution in [3.05, 3.63) is 113 Å². The van der Waals surface area contributed by atoms with Crippen LogP contribution < -0.4 is 10.6 Å². The molecule has 1 amide bonds. The number of aliphatic hydroxyl groups excluding tert-OH is 1. The molecule has 10 heteroatoms. The molecule has 0 saturated carbocycles. The highest BCUT2D eigenvalue weighted by Gasteiger charge is 2.23. The molecule has 1 heterocycles. The van der Waals surface area contributed by atoms with Gasteiger partial charge < -0.3 is 24.9 Å². The molecule has 0 radical (unpaired) electrons. The summed E-state index contributed by atoms with van der Waals surface area (Å²) in [6.45, 7) is 2.70. The number of aryl methyl sites for hydroxylation is 2. The molecule has 0 saturated heterocycles. The van der Waals surface area contributed by atoms with E-state index in [1.807, 2.05) is 18.2 Å². The van der Waals surface area contributed by atoms with E-state index in [0.717, 1.165) is 18.1 Å². The monoisotopic (exact) mass is 591 g/mol. The Labute approximate surface area is 249 Å². The summed E-state index contributed by atoms with van der Waals surface area (Å²) < 4.78 is 38.3. The molecule has 3 N–H and O–H groups in total. The van der Waals surface area contributed by atoms with Crippen molar-refractivity contribution in [1.82, 2.24) is 15.6 Å². The zero-order valence-electron chi connectivity index (χ0n) is 24.1. The number of esters is 1. The van der Waals surface area contributed by atoms with Gasteiger partial charge in [0.1, 0.15) is 17.4 Å². The number of rotatable bonds is 14. The lowest BCUT2D eigenvalue weighted by Crippen LogP contribution is -2.48. The van der Waals surface area contributed by atoms with Gasteiger partial charge in [0.15, 0.2) is 0 Å². The van der Waals surface area contributed by atoms with Gasteiger partial charge in [-0.25, -0.2) is 13.8 Å². The zero-order valence-corrected chi connectivity index (χ0v) is 24.1. The number of methoxy groups -OCH3 is 1. The molecule has 226 valence electrons. The van der Waals surface area contributed by atoms with E-state index in [0.29, 0.717) is 29.9 Å². The third-order valence-electron chi connectivity index (χ3n) is 6.97. The fourth-order valence-electron chi connectivity index (χ4n) is 4.66. The van der Waals surface area contributed by atoms with Crippen LogP contribution in [0.4, 0.5) is 8.78 Å². The molecule has 0 fully saturated rings. The van der Waals surface area contributed by atoms with Crippen LogP contribution >= 0.6 is 0 Å². The second-order valence-corrected chi connectivity index (χ2v) is 10.2. The predicted molar refractivity (Wildman–Crippen MR) is 157 cm³/mol. The van der Waals surface area contributed by atoms with Gasteiger partial charge in [-0.3, -0.25) is 9.59 Å². The van der Waals surface area contributed by atoms with E-state index >= 15 is 0 Å². The average molecular weight is 592 g/mol. The smallest absolute Gasteiger partial charge is 0.305 e. The average Bonchev–Trinajstić information content (AvgIpc) is 3.48. The Bertz CT molecular complexity index is 1520. The fourth-order valence-corrected chi connectivity index (χ4v) is 4.66. The summed E-state index contributed by atoms with van der Waals surface area (Å²) in [6.07, 6.45) is 1.81. The molecular formula is C33H35F2N3O5. The topological polar surface area (TPSA) is 114 Å². The molecule has 1 aromatic heterocycles. The summed E-state index contributed by atoms with van der Waals surface area (Å²) in [4.78, 5) is 29.0. The van der Waals surface area contributed by atoms with Gasteiger partial charge in [0.25, 0.3) is 5.91 Å². The molecule has 0 bridgehead atoms. The molecule has 0 aliphatic rings. The summed E-state index contributed by atoms with van der Waals surface area (Å²) in [6, 6.07) is 16.9. The number of hydrogen-bond acceptors (Lipinski definition) is 7. The van der Waals surface area contributed by atoms with E-state index in [1.54, 1.807) is 24.3 Å². The van der Waals surface area contributed by atoms with Crippen LogP contribution in [0.2, 0.25) is 0 Å². The second kappa shape index (κ2) is 15.2. The van der Waals surface area contributed by atoms with Gasteiger partial charge in [0, 0.05) is 36.7 Å². The molecule has 0 unspecified atom stereocenters. The lowest BCUT2D eigenvalue weighted by atomic mass is 9.99. The summed E-state index contributed by atoms with van der Waals surface area (Å²) in [5.74, 6) is -1.57. The van der Waals surface area contributed by atoms with Crippen molar-refractivity contribution in [2.45, 2.75) is 51.3 Å². The first-order chi connectivity index (χ1) is 20.7. The number of benzene rings is 3. The van der Waals surface area contributed by atoms with Crippen molar-refractivity contribution in [1.29, 1.82) is 0 Å². The maximum atomic E-state index is 13.9. The van der Waals surface area contributed by atoms with Gasteiger partial charge in [-0.15, -0.1) is 0 Å². The Morgan fingerprint density at radius 1 is 1.00 bits per heavy atom. The Balaban J connectivity index is 1.47. The van der Waals surface area contributed by atoms with Crippen LogP contribution in [0.1, 0.15) is 46.2 Å². The predicted octanol–water partition coefficient (Wildman–Crippen LogP) is 4.78. The molecule has 43 heavy (non-hydrogen) atoms. The van der Waals surface area contributed by atoms with Gasteiger partial charge >= 0.3 is 5.97 Å². The third kappa shape index (κ3) is 9.29. The Morgan fingerprint density at radius 2 is 1.74 bits per heavy atom. The Morgan fingerprint density at radius 3 is 2.49 bits per heavy atom. The van der Waals surface area contributed by atoms with Crippen LogP contribution in [0, 0.1) is 11.6 Å². The minimum Gasteiger partial charge on any atom is -0.469 e. The first kappa shape index (κ1) is 31.5. The first-order valence-electron chi connectivity index (χ1n) is 14.1. The summed E-state index contributed by atoms with van der Waals surface area (Å²) in [5, 5.41) is 17.1. The highest BCUT2D eigenvalue weighted by Crippen LogP contribution is 2.22. The second-order valence-electron chi connectivity index (χ2n) is 10.2. The van der Waals surface area contributed by atoms with E-state index in [9.17, 15) is 23.5 Å². The third-order valence-corrected chi connectivity index (χ3v) is 6.97. The van der Waals surface area contributed by atoms with E-state index in [1.165, 1.54) is 31.0 Å². The van der Waals surface area contributed by atoms with Gasteiger partial charge in [0.05, 0.1) is 31.9 Å². The maximum absolute atomic E-state index is 13.9. The SMILES string of the molecule is CCc1cccc(CNC[C@H](O)[C@H](Cc2cc(F)cc(F)c2)NC(=O)c2cccc(-c3ncc(CCC(=O)OC)o3)c2)c1. The zero-order chi connectivity index (χ0) is 30.8. The van der Waals surface area contributed by atoms with E-state index < -0.39 is 29.7 Å². The van der Waals surface area contributed by atoms with Crippen molar-refractivity contribution in [3.8, 4) is 11.5 Å². The Hall–Kier alpha value is -4.41. The molecule has 4 aromatic rings. The number of nitrogens with one attached hydrogen (secondary N) is 2. The number of amides is 1. The molecule has 3 aromatic carbocycles. The lowest BCUT2D eigenvalue weighted by Gasteiger charge is -2.25. The first-order valence-corrected chi connectivity index (χ1v) is 14.1. The van der Waals surface area contributed by atoms with Crippen molar-refractivity contribution in [2.75, 3.05) is 13.7 Å². The number of hydrogen-bond donors (Lipinski definition) is 3. The van der Waals surface area contributed by atoms with E-state index in [-0.39, 0.29) is 36.8 Å². The number of carbonyl (C=O) groups is 2. The maximum Gasteiger partial charge on any atom is 0.305 e. The molecule has 4 rings (SSSR count). The lowest BCUT2D eigenvalue weighted by molar-refractivity contribution is -0.140. The normalized spacial score (nSPS) is 12.5. The number of oxazole rings is 1. The number of aromatic nitrogens is 1. The van der Waals surface area contributed by atoms with Crippen molar-refractivity contribution in [3.63, 3.8) is 0 Å².